The number of thioether (sulfide) groups is 1. The van der Waals surface area contributed by atoms with Gasteiger partial charge in [0.25, 0.3) is 0 Å². The Kier molecular flexibility index (Phi) is 4.19. The number of hydrogen-bond donors (Lipinski definition) is 0. The summed E-state index contributed by atoms with van der Waals surface area (Å²) in [7, 11) is 0. The van der Waals surface area contributed by atoms with Gasteiger partial charge in [-0.25, -0.2) is 4.98 Å². The van der Waals surface area contributed by atoms with E-state index in [2.05, 4.69) is 37.1 Å². The van der Waals surface area contributed by atoms with Crippen LogP contribution in [0.3, 0.4) is 0 Å². The fraction of sp³-hybridized carbons (Fsp3) is 0.778. The SMILES string of the molecule is CCc1nsc(SC(C)C(C)C)n1. The maximum absolute atomic E-state index is 4.42. The van der Waals surface area contributed by atoms with E-state index in [1.807, 2.05) is 11.8 Å². The van der Waals surface area contributed by atoms with E-state index in [9.17, 15) is 0 Å². The van der Waals surface area contributed by atoms with Crippen LogP contribution in [0.15, 0.2) is 4.34 Å². The van der Waals surface area contributed by atoms with Gasteiger partial charge >= 0.3 is 0 Å². The summed E-state index contributed by atoms with van der Waals surface area (Å²) in [6.45, 7) is 8.80. The van der Waals surface area contributed by atoms with Gasteiger partial charge in [-0.05, 0) is 17.5 Å². The van der Waals surface area contributed by atoms with Gasteiger partial charge in [0, 0.05) is 11.7 Å². The van der Waals surface area contributed by atoms with E-state index in [4.69, 9.17) is 0 Å². The van der Waals surface area contributed by atoms with Crippen LogP contribution in [0.2, 0.25) is 0 Å². The van der Waals surface area contributed by atoms with Gasteiger partial charge in [0.15, 0.2) is 4.34 Å². The molecule has 0 saturated heterocycles. The number of aryl methyl sites for hydroxylation is 1. The Balaban J connectivity index is 2.53. The number of aromatic nitrogens is 2. The van der Waals surface area contributed by atoms with Crippen LogP contribution in [-0.2, 0) is 6.42 Å². The summed E-state index contributed by atoms with van der Waals surface area (Å²) in [4.78, 5) is 4.42. The van der Waals surface area contributed by atoms with Crippen molar-refractivity contribution < 1.29 is 0 Å². The minimum absolute atomic E-state index is 0.623. The Morgan fingerprint density at radius 2 is 2.08 bits per heavy atom. The maximum Gasteiger partial charge on any atom is 0.170 e. The molecule has 0 saturated carbocycles. The Labute approximate surface area is 88.3 Å². The number of rotatable bonds is 4. The molecule has 4 heteroatoms. The van der Waals surface area contributed by atoms with Gasteiger partial charge in [-0.2, -0.15) is 4.37 Å². The van der Waals surface area contributed by atoms with E-state index >= 15 is 0 Å². The Morgan fingerprint density at radius 1 is 1.38 bits per heavy atom. The van der Waals surface area contributed by atoms with E-state index in [1.54, 1.807) is 0 Å². The lowest BCUT2D eigenvalue weighted by Crippen LogP contribution is -2.04. The predicted molar refractivity (Wildman–Crippen MR) is 59.4 cm³/mol. The number of nitrogens with zero attached hydrogens (tertiary/aromatic N) is 2. The normalized spacial score (nSPS) is 13.6. The average Bonchev–Trinajstić information content (AvgIpc) is 2.52. The highest BCUT2D eigenvalue weighted by Crippen LogP contribution is 2.28. The van der Waals surface area contributed by atoms with Crippen LogP contribution in [0.1, 0.15) is 33.5 Å². The zero-order valence-electron chi connectivity index (χ0n) is 8.57. The summed E-state index contributed by atoms with van der Waals surface area (Å²) in [5.74, 6) is 1.67. The van der Waals surface area contributed by atoms with E-state index in [0.29, 0.717) is 11.2 Å². The molecule has 74 valence electrons. The highest BCUT2D eigenvalue weighted by Gasteiger charge is 2.11. The van der Waals surface area contributed by atoms with Crippen molar-refractivity contribution in [3.63, 3.8) is 0 Å². The van der Waals surface area contributed by atoms with Gasteiger partial charge in [-0.3, -0.25) is 0 Å². The summed E-state index contributed by atoms with van der Waals surface area (Å²) in [5.41, 5.74) is 0. The Hall–Kier alpha value is -0.0900. The molecule has 0 bridgehead atoms. The topological polar surface area (TPSA) is 25.8 Å². The zero-order chi connectivity index (χ0) is 9.84. The van der Waals surface area contributed by atoms with Gasteiger partial charge in [0.05, 0.1) is 0 Å². The van der Waals surface area contributed by atoms with E-state index in [-0.39, 0.29) is 0 Å². The molecule has 0 aliphatic carbocycles. The summed E-state index contributed by atoms with van der Waals surface area (Å²) in [5, 5.41) is 0.623. The molecule has 1 unspecified atom stereocenters. The second-order valence-electron chi connectivity index (χ2n) is 3.40. The highest BCUT2D eigenvalue weighted by molar-refractivity contribution is 8.01. The first-order valence-corrected chi connectivity index (χ1v) is 6.28. The van der Waals surface area contributed by atoms with Crippen LogP contribution in [-0.4, -0.2) is 14.6 Å². The molecule has 0 radical (unpaired) electrons. The largest absolute Gasteiger partial charge is 0.213 e. The molecule has 0 aliphatic rings. The lowest BCUT2D eigenvalue weighted by molar-refractivity contribution is 0.642. The van der Waals surface area contributed by atoms with Crippen molar-refractivity contribution >= 4 is 23.3 Å². The standard InChI is InChI=1S/C9H16N2S2/c1-5-8-10-9(13-11-8)12-7(4)6(2)3/h6-7H,5H2,1-4H3. The van der Waals surface area contributed by atoms with Crippen molar-refractivity contribution in [3.05, 3.63) is 5.82 Å². The van der Waals surface area contributed by atoms with Crippen molar-refractivity contribution in [2.45, 2.75) is 43.7 Å². The molecule has 0 spiro atoms. The zero-order valence-corrected chi connectivity index (χ0v) is 10.2. The summed E-state index contributed by atoms with van der Waals surface area (Å²) in [6, 6.07) is 0. The summed E-state index contributed by atoms with van der Waals surface area (Å²) in [6.07, 6.45) is 0.938. The van der Waals surface area contributed by atoms with Crippen molar-refractivity contribution in [2.75, 3.05) is 0 Å². The van der Waals surface area contributed by atoms with E-state index < -0.39 is 0 Å². The third-order valence-corrected chi connectivity index (χ3v) is 4.26. The minimum atomic E-state index is 0.623. The van der Waals surface area contributed by atoms with Crippen LogP contribution in [0.25, 0.3) is 0 Å². The van der Waals surface area contributed by atoms with Crippen molar-refractivity contribution in [3.8, 4) is 0 Å². The fourth-order valence-corrected chi connectivity index (χ4v) is 2.71. The van der Waals surface area contributed by atoms with Gasteiger partial charge < -0.3 is 0 Å². The first-order valence-electron chi connectivity index (χ1n) is 4.62. The Bertz CT molecular complexity index is 258. The first kappa shape index (κ1) is 11.0. The van der Waals surface area contributed by atoms with Gasteiger partial charge in [0.1, 0.15) is 5.82 Å². The minimum Gasteiger partial charge on any atom is -0.213 e. The third-order valence-electron chi connectivity index (χ3n) is 1.99. The van der Waals surface area contributed by atoms with E-state index in [0.717, 1.165) is 16.6 Å². The van der Waals surface area contributed by atoms with Crippen LogP contribution >= 0.6 is 23.3 Å². The first-order chi connectivity index (χ1) is 6.13. The fourth-order valence-electron chi connectivity index (χ4n) is 0.725. The van der Waals surface area contributed by atoms with E-state index in [1.165, 1.54) is 11.5 Å². The molecule has 0 N–H and O–H groups in total. The molecule has 1 rings (SSSR count). The molecular weight excluding hydrogens is 200 g/mol. The maximum atomic E-state index is 4.42. The summed E-state index contributed by atoms with van der Waals surface area (Å²) < 4.78 is 5.37. The number of hydrogen-bond acceptors (Lipinski definition) is 4. The quantitative estimate of drug-likeness (QED) is 0.723. The third kappa shape index (κ3) is 3.27. The van der Waals surface area contributed by atoms with Gasteiger partial charge in [-0.15, -0.1) is 0 Å². The highest BCUT2D eigenvalue weighted by atomic mass is 32.2. The second kappa shape index (κ2) is 4.96. The summed E-state index contributed by atoms with van der Waals surface area (Å²) >= 11 is 3.35. The predicted octanol–water partition coefficient (Wildman–Crippen LogP) is 3.24. The second-order valence-corrected chi connectivity index (χ2v) is 5.77. The Morgan fingerprint density at radius 3 is 2.54 bits per heavy atom. The molecule has 1 atom stereocenters. The lowest BCUT2D eigenvalue weighted by atomic mass is 10.2. The van der Waals surface area contributed by atoms with Crippen LogP contribution in [0.5, 0.6) is 0 Å². The lowest BCUT2D eigenvalue weighted by Gasteiger charge is -2.11. The molecule has 1 aromatic rings. The average molecular weight is 216 g/mol. The molecule has 0 fully saturated rings. The van der Waals surface area contributed by atoms with Crippen LogP contribution < -0.4 is 0 Å². The molecule has 13 heavy (non-hydrogen) atoms. The molecule has 0 amide bonds. The smallest absolute Gasteiger partial charge is 0.170 e. The molecule has 1 heterocycles. The van der Waals surface area contributed by atoms with Crippen molar-refractivity contribution in [2.24, 2.45) is 5.92 Å². The van der Waals surface area contributed by atoms with Crippen LogP contribution in [0, 0.1) is 5.92 Å². The molecular formula is C9H16N2S2. The molecule has 2 nitrogen and oxygen atoms in total. The molecule has 1 aromatic heterocycles. The van der Waals surface area contributed by atoms with Gasteiger partial charge in [-0.1, -0.05) is 39.5 Å². The van der Waals surface area contributed by atoms with Gasteiger partial charge in [0.2, 0.25) is 0 Å². The van der Waals surface area contributed by atoms with Crippen molar-refractivity contribution in [1.82, 2.24) is 9.36 Å². The van der Waals surface area contributed by atoms with Crippen molar-refractivity contribution in [1.29, 1.82) is 0 Å². The van der Waals surface area contributed by atoms with Crippen LogP contribution in [0.4, 0.5) is 0 Å². The molecule has 0 aliphatic heterocycles. The molecule has 0 aromatic carbocycles. The monoisotopic (exact) mass is 216 g/mol.